The molecule has 0 saturated heterocycles. The molecule has 0 heterocycles. The number of hydrogen-bond acceptors (Lipinski definition) is 15. The number of unbranched alkanes of at least 4 members (excludes halogenated alkanes) is 39. The van der Waals surface area contributed by atoms with E-state index in [4.69, 9.17) is 37.0 Å². The lowest BCUT2D eigenvalue weighted by Gasteiger charge is -2.21. The monoisotopic (exact) mass is 1430 g/mol. The Labute approximate surface area is 597 Å². The minimum atomic E-state index is -4.98. The number of phosphoric acid groups is 2. The fourth-order valence-corrected chi connectivity index (χ4v) is 12.5. The Balaban J connectivity index is 5.36. The Morgan fingerprint density at radius 3 is 0.837 bits per heavy atom. The summed E-state index contributed by atoms with van der Waals surface area (Å²) in [6, 6.07) is 0. The number of carbonyl (C=O) groups excluding carboxylic acids is 4. The van der Waals surface area contributed by atoms with Crippen molar-refractivity contribution in [1.82, 2.24) is 0 Å². The van der Waals surface area contributed by atoms with Crippen molar-refractivity contribution in [3.05, 3.63) is 60.8 Å². The van der Waals surface area contributed by atoms with E-state index in [2.05, 4.69) is 76.3 Å². The third-order valence-electron chi connectivity index (χ3n) is 17.0. The third kappa shape index (κ3) is 71.2. The van der Waals surface area contributed by atoms with Gasteiger partial charge in [-0.15, -0.1) is 0 Å². The van der Waals surface area contributed by atoms with Crippen molar-refractivity contribution in [2.45, 2.75) is 380 Å². The number of ether oxygens (including phenoxy) is 4. The van der Waals surface area contributed by atoms with Gasteiger partial charge in [-0.05, 0) is 89.9 Å². The summed E-state index contributed by atoms with van der Waals surface area (Å²) in [6.07, 6.45) is 70.6. The Morgan fingerprint density at radius 1 is 0.286 bits per heavy atom. The van der Waals surface area contributed by atoms with E-state index in [-0.39, 0.29) is 25.7 Å². The average Bonchev–Trinajstić information content (AvgIpc) is 1.05. The Morgan fingerprint density at radius 2 is 0.510 bits per heavy atom. The van der Waals surface area contributed by atoms with E-state index < -0.39 is 97.5 Å². The van der Waals surface area contributed by atoms with Gasteiger partial charge >= 0.3 is 39.5 Å². The van der Waals surface area contributed by atoms with Gasteiger partial charge in [0, 0.05) is 25.7 Å². The van der Waals surface area contributed by atoms with Gasteiger partial charge in [0.1, 0.15) is 19.3 Å². The van der Waals surface area contributed by atoms with Gasteiger partial charge in [0.25, 0.3) is 0 Å². The van der Waals surface area contributed by atoms with Gasteiger partial charge in [0.05, 0.1) is 26.4 Å². The molecule has 0 amide bonds. The second-order valence-corrected chi connectivity index (χ2v) is 29.6. The number of carbonyl (C=O) groups is 4. The molecule has 98 heavy (non-hydrogen) atoms. The average molecular weight is 1430 g/mol. The molecule has 0 radical (unpaired) electrons. The minimum Gasteiger partial charge on any atom is -0.462 e. The van der Waals surface area contributed by atoms with Gasteiger partial charge in [-0.2, -0.15) is 0 Å². The fourth-order valence-electron chi connectivity index (χ4n) is 10.9. The van der Waals surface area contributed by atoms with Gasteiger partial charge in [0.2, 0.25) is 0 Å². The van der Waals surface area contributed by atoms with E-state index in [9.17, 15) is 43.2 Å². The molecule has 0 saturated carbocycles. The van der Waals surface area contributed by atoms with E-state index in [1.807, 2.05) is 12.2 Å². The molecule has 0 rings (SSSR count). The molecule has 0 spiro atoms. The summed E-state index contributed by atoms with van der Waals surface area (Å²) < 4.78 is 68.5. The van der Waals surface area contributed by atoms with Crippen molar-refractivity contribution in [3.63, 3.8) is 0 Å². The van der Waals surface area contributed by atoms with Crippen LogP contribution < -0.4 is 0 Å². The standard InChI is InChI=1S/C79H144O17P2/c1-5-9-13-17-21-25-29-33-35-36-38-41-44-48-52-56-60-64-77(82)90-70-75(96-79(84)66-62-58-54-50-46-42-37-34-30-26-22-18-14-10-6-2)72-94-98(87,88)92-68-73(80)67-91-97(85,86)93-71-74(95-78(83)65-61-57-53-49-45-40-32-28-24-20-16-12-8-4)69-89-76(81)63-59-55-51-47-43-39-31-27-23-19-15-11-7-3/h21,25,33-35,37-38,41,48,52,73-75,80H,5-20,22-24,26-32,36,39-40,42-47,49-51,53-72H2,1-4H3,(H,85,86)(H,87,88)/b25-21-,35-33-,37-34-,41-38-,52-48-/t73-,74+,75+/m0/s1. The molecule has 0 aromatic rings. The highest BCUT2D eigenvalue weighted by atomic mass is 31.2. The number of esters is 4. The number of hydrogen-bond donors (Lipinski definition) is 3. The van der Waals surface area contributed by atoms with Crippen molar-refractivity contribution in [2.75, 3.05) is 39.6 Å². The molecule has 0 aliphatic heterocycles. The number of phosphoric ester groups is 2. The van der Waals surface area contributed by atoms with Crippen LogP contribution in [0, 0.1) is 0 Å². The van der Waals surface area contributed by atoms with Crippen LogP contribution >= 0.6 is 15.6 Å². The molecule has 572 valence electrons. The number of rotatable bonds is 75. The van der Waals surface area contributed by atoms with Crippen molar-refractivity contribution >= 4 is 39.5 Å². The summed E-state index contributed by atoms with van der Waals surface area (Å²) in [5, 5.41) is 10.6. The predicted octanol–water partition coefficient (Wildman–Crippen LogP) is 22.7. The second-order valence-electron chi connectivity index (χ2n) is 26.7. The minimum absolute atomic E-state index is 0.0773. The summed E-state index contributed by atoms with van der Waals surface area (Å²) in [6.45, 7) is 4.84. The highest BCUT2D eigenvalue weighted by Gasteiger charge is 2.30. The molecule has 5 atom stereocenters. The van der Waals surface area contributed by atoms with Crippen molar-refractivity contribution in [1.29, 1.82) is 0 Å². The predicted molar refractivity (Wildman–Crippen MR) is 400 cm³/mol. The summed E-state index contributed by atoms with van der Waals surface area (Å²) in [4.78, 5) is 72.9. The summed E-state index contributed by atoms with van der Waals surface area (Å²) in [7, 11) is -9.95. The van der Waals surface area contributed by atoms with Gasteiger partial charge in [-0.3, -0.25) is 37.3 Å². The molecule has 19 heteroatoms. The SMILES string of the molecule is CCCCC/C=C\C/C=C\C/C=C\C/C=C\CCCC(=O)OC[C@H](COP(=O)(O)OC[C@@H](O)COP(=O)(O)OC[C@@H](COC(=O)CCCCCCCCCCCCCCC)OC(=O)CCCCCCCCCCCCCCC)OC(=O)CCCCCCC/C=C\CCCCCCCC. The molecule has 0 fully saturated rings. The normalized spacial score (nSPS) is 14.2. The van der Waals surface area contributed by atoms with Crippen LogP contribution in [0.15, 0.2) is 60.8 Å². The fraction of sp³-hybridized carbons (Fsp3) is 0.823. The number of aliphatic hydroxyl groups excluding tert-OH is 1. The third-order valence-corrected chi connectivity index (χ3v) is 18.9. The first-order valence-corrected chi connectivity index (χ1v) is 42.5. The Bertz CT molecular complexity index is 2100. The molecule has 3 N–H and O–H groups in total. The van der Waals surface area contributed by atoms with Gasteiger partial charge < -0.3 is 33.8 Å². The largest absolute Gasteiger partial charge is 0.472 e. The lowest BCUT2D eigenvalue weighted by molar-refractivity contribution is -0.161. The molecule has 0 aliphatic rings. The van der Waals surface area contributed by atoms with Crippen LogP contribution in [-0.2, 0) is 65.4 Å². The molecular formula is C79H144O17P2. The van der Waals surface area contributed by atoms with Gasteiger partial charge in [0.15, 0.2) is 12.2 Å². The van der Waals surface area contributed by atoms with Gasteiger partial charge in [-0.25, -0.2) is 9.13 Å². The van der Waals surface area contributed by atoms with E-state index in [1.165, 1.54) is 167 Å². The summed E-state index contributed by atoms with van der Waals surface area (Å²) in [5.74, 6) is -2.21. The second kappa shape index (κ2) is 72.1. The smallest absolute Gasteiger partial charge is 0.462 e. The summed E-state index contributed by atoms with van der Waals surface area (Å²) >= 11 is 0. The molecule has 0 aliphatic carbocycles. The van der Waals surface area contributed by atoms with E-state index >= 15 is 0 Å². The zero-order valence-electron chi connectivity index (χ0n) is 62.5. The van der Waals surface area contributed by atoms with Crippen LogP contribution in [0.25, 0.3) is 0 Å². The highest BCUT2D eigenvalue weighted by Crippen LogP contribution is 2.45. The van der Waals surface area contributed by atoms with Crippen molar-refractivity contribution in [2.24, 2.45) is 0 Å². The number of aliphatic hydroxyl groups is 1. The van der Waals surface area contributed by atoms with Gasteiger partial charge in [-0.1, -0.05) is 307 Å². The molecule has 0 aromatic carbocycles. The molecule has 0 aromatic heterocycles. The lowest BCUT2D eigenvalue weighted by Crippen LogP contribution is -2.30. The van der Waals surface area contributed by atoms with Crippen LogP contribution in [0.2, 0.25) is 0 Å². The quantitative estimate of drug-likeness (QED) is 0.0169. The van der Waals surface area contributed by atoms with E-state index in [0.29, 0.717) is 32.1 Å². The summed E-state index contributed by atoms with van der Waals surface area (Å²) in [5.41, 5.74) is 0. The first kappa shape index (κ1) is 94.8. The van der Waals surface area contributed by atoms with E-state index in [0.717, 1.165) is 109 Å². The molecular weight excluding hydrogens is 1280 g/mol. The van der Waals surface area contributed by atoms with Crippen molar-refractivity contribution < 1.29 is 80.2 Å². The molecule has 17 nitrogen and oxygen atoms in total. The van der Waals surface area contributed by atoms with Crippen molar-refractivity contribution in [3.8, 4) is 0 Å². The van der Waals surface area contributed by atoms with Crippen LogP contribution in [0.5, 0.6) is 0 Å². The molecule has 0 bridgehead atoms. The topological polar surface area (TPSA) is 237 Å². The maximum Gasteiger partial charge on any atom is 0.472 e. The zero-order chi connectivity index (χ0) is 71.8. The van der Waals surface area contributed by atoms with Crippen LogP contribution in [0.1, 0.15) is 362 Å². The maximum atomic E-state index is 13.1. The van der Waals surface area contributed by atoms with Crippen LogP contribution in [-0.4, -0.2) is 96.7 Å². The Hall–Kier alpha value is -3.24. The first-order chi connectivity index (χ1) is 47.7. The highest BCUT2D eigenvalue weighted by molar-refractivity contribution is 7.47. The maximum absolute atomic E-state index is 13.1. The van der Waals surface area contributed by atoms with E-state index in [1.54, 1.807) is 0 Å². The van der Waals surface area contributed by atoms with Crippen LogP contribution in [0.4, 0.5) is 0 Å². The zero-order valence-corrected chi connectivity index (χ0v) is 64.3. The molecule has 2 unspecified atom stereocenters. The Kier molecular flexibility index (Phi) is 69.7. The first-order valence-electron chi connectivity index (χ1n) is 39.5. The van der Waals surface area contributed by atoms with Crippen LogP contribution in [0.3, 0.4) is 0 Å². The number of allylic oxidation sites excluding steroid dienone is 10. The lowest BCUT2D eigenvalue weighted by atomic mass is 10.0.